The zero-order chi connectivity index (χ0) is 15.4. The first-order chi connectivity index (χ1) is 10.0. The molecule has 1 amide bonds. The Morgan fingerprint density at radius 1 is 1.38 bits per heavy atom. The second-order valence-corrected chi connectivity index (χ2v) is 6.03. The molecule has 0 spiro atoms. The molecule has 112 valence electrons. The fourth-order valence-corrected chi connectivity index (χ4v) is 2.86. The van der Waals surface area contributed by atoms with Crippen molar-refractivity contribution in [1.29, 1.82) is 0 Å². The van der Waals surface area contributed by atoms with E-state index in [1.54, 1.807) is 0 Å². The molecule has 0 saturated heterocycles. The normalized spacial score (nSPS) is 24.3. The van der Waals surface area contributed by atoms with Crippen molar-refractivity contribution in [2.45, 2.75) is 39.7 Å². The lowest BCUT2D eigenvalue weighted by atomic mass is 9.97. The molecule has 21 heavy (non-hydrogen) atoms. The summed E-state index contributed by atoms with van der Waals surface area (Å²) in [4.78, 5) is 12.4. The minimum Gasteiger partial charge on any atom is -0.349 e. The first-order valence-corrected chi connectivity index (χ1v) is 7.63. The van der Waals surface area contributed by atoms with Gasteiger partial charge in [-0.25, -0.2) is 0 Å². The third-order valence-electron chi connectivity index (χ3n) is 4.61. The number of nitrogens with two attached hydrogens (primary N) is 1. The molecule has 0 bridgehead atoms. The largest absolute Gasteiger partial charge is 0.349 e. The summed E-state index contributed by atoms with van der Waals surface area (Å²) < 4.78 is 0. The maximum atomic E-state index is 12.4. The fraction of sp³-hybridized carbons (Fsp3) is 0.500. The van der Waals surface area contributed by atoms with Gasteiger partial charge in [-0.15, -0.1) is 0 Å². The highest BCUT2D eigenvalue weighted by atomic mass is 16.1. The zero-order valence-corrected chi connectivity index (χ0v) is 13.1. The molecule has 0 heterocycles. The number of benzene rings is 1. The van der Waals surface area contributed by atoms with Gasteiger partial charge in [0, 0.05) is 17.2 Å². The summed E-state index contributed by atoms with van der Waals surface area (Å²) in [5.74, 6) is 7.08. The molecular formula is C18H24N2O. The lowest BCUT2D eigenvalue weighted by Gasteiger charge is -2.19. The Bertz CT molecular complexity index is 583. The molecule has 3 unspecified atom stereocenters. The molecule has 1 aliphatic carbocycles. The molecule has 0 aromatic heterocycles. The van der Waals surface area contributed by atoms with Crippen LogP contribution >= 0.6 is 0 Å². The Morgan fingerprint density at radius 3 is 2.76 bits per heavy atom. The molecule has 0 radical (unpaired) electrons. The number of amides is 1. The number of carbonyl (C=O) groups is 1. The maximum absolute atomic E-state index is 12.4. The van der Waals surface area contributed by atoms with Crippen molar-refractivity contribution in [3.63, 3.8) is 0 Å². The predicted octanol–water partition coefficient (Wildman–Crippen LogP) is 2.47. The number of hydrogen-bond acceptors (Lipinski definition) is 2. The highest BCUT2D eigenvalue weighted by molar-refractivity contribution is 5.94. The van der Waals surface area contributed by atoms with Crippen LogP contribution in [0.5, 0.6) is 0 Å². The number of carbonyl (C=O) groups excluding carboxylic acids is 1. The van der Waals surface area contributed by atoms with Gasteiger partial charge in [0.1, 0.15) is 0 Å². The SMILES string of the molecule is Cc1ccc(C(=O)NC2CCC(C)C2C)cc1C#CCN. The van der Waals surface area contributed by atoms with Crippen molar-refractivity contribution in [1.82, 2.24) is 5.32 Å². The summed E-state index contributed by atoms with van der Waals surface area (Å²) in [5, 5.41) is 3.17. The van der Waals surface area contributed by atoms with Gasteiger partial charge < -0.3 is 11.1 Å². The van der Waals surface area contributed by atoms with E-state index in [1.807, 2.05) is 25.1 Å². The van der Waals surface area contributed by atoms with E-state index in [2.05, 4.69) is 31.0 Å². The molecule has 3 heteroatoms. The number of aryl methyl sites for hydroxylation is 1. The van der Waals surface area contributed by atoms with Crippen LogP contribution in [0.25, 0.3) is 0 Å². The number of rotatable bonds is 2. The standard InChI is InChI=1S/C18H24N2O/c1-12-7-9-17(14(12)3)20-18(21)16-8-6-13(2)15(11-16)5-4-10-19/h6,8,11-12,14,17H,7,9-10,19H2,1-3H3,(H,20,21). The van der Waals surface area contributed by atoms with Gasteiger partial charge >= 0.3 is 0 Å². The van der Waals surface area contributed by atoms with Crippen molar-refractivity contribution in [3.05, 3.63) is 34.9 Å². The number of nitrogens with one attached hydrogen (secondary N) is 1. The predicted molar refractivity (Wildman–Crippen MR) is 85.9 cm³/mol. The van der Waals surface area contributed by atoms with Crippen molar-refractivity contribution in [2.75, 3.05) is 6.54 Å². The van der Waals surface area contributed by atoms with Crippen molar-refractivity contribution in [2.24, 2.45) is 17.6 Å². The average Bonchev–Trinajstić information content (AvgIpc) is 2.78. The van der Waals surface area contributed by atoms with Gasteiger partial charge in [-0.1, -0.05) is 31.8 Å². The Balaban J connectivity index is 2.12. The first-order valence-electron chi connectivity index (χ1n) is 7.63. The highest BCUT2D eigenvalue weighted by Crippen LogP contribution is 2.31. The lowest BCUT2D eigenvalue weighted by molar-refractivity contribution is 0.0927. The molecule has 1 aliphatic rings. The minimum atomic E-state index is -0.00301. The minimum absolute atomic E-state index is 0.00301. The molecule has 3 nitrogen and oxygen atoms in total. The molecule has 3 atom stereocenters. The third-order valence-corrected chi connectivity index (χ3v) is 4.61. The van der Waals surface area contributed by atoms with Gasteiger partial charge in [-0.05, 0) is 49.3 Å². The molecule has 3 N–H and O–H groups in total. The second kappa shape index (κ2) is 6.78. The summed E-state index contributed by atoms with van der Waals surface area (Å²) in [6.07, 6.45) is 2.26. The third kappa shape index (κ3) is 3.65. The van der Waals surface area contributed by atoms with E-state index in [-0.39, 0.29) is 11.9 Å². The van der Waals surface area contributed by atoms with E-state index < -0.39 is 0 Å². The van der Waals surface area contributed by atoms with Gasteiger partial charge in [0.2, 0.25) is 0 Å². The molecule has 1 fully saturated rings. The van der Waals surface area contributed by atoms with E-state index >= 15 is 0 Å². The molecular weight excluding hydrogens is 260 g/mol. The van der Waals surface area contributed by atoms with E-state index in [9.17, 15) is 4.79 Å². The molecule has 0 aliphatic heterocycles. The van der Waals surface area contributed by atoms with Gasteiger partial charge in [-0.2, -0.15) is 0 Å². The van der Waals surface area contributed by atoms with E-state index in [1.165, 1.54) is 6.42 Å². The Morgan fingerprint density at radius 2 is 2.14 bits per heavy atom. The molecule has 2 rings (SSSR count). The van der Waals surface area contributed by atoms with E-state index in [0.29, 0.717) is 23.9 Å². The monoisotopic (exact) mass is 284 g/mol. The summed E-state index contributed by atoms with van der Waals surface area (Å²) in [7, 11) is 0. The van der Waals surface area contributed by atoms with Crippen LogP contribution in [0.2, 0.25) is 0 Å². The fourth-order valence-electron chi connectivity index (χ4n) is 2.86. The Labute approximate surface area is 127 Å². The molecule has 1 aromatic rings. The van der Waals surface area contributed by atoms with Crippen LogP contribution in [0.4, 0.5) is 0 Å². The lowest BCUT2D eigenvalue weighted by Crippen LogP contribution is -2.37. The van der Waals surface area contributed by atoms with Crippen LogP contribution in [-0.2, 0) is 0 Å². The number of hydrogen-bond donors (Lipinski definition) is 2. The Kier molecular flexibility index (Phi) is 5.03. The van der Waals surface area contributed by atoms with Gasteiger partial charge in [0.05, 0.1) is 6.54 Å². The summed E-state index contributed by atoms with van der Waals surface area (Å²) in [6.45, 7) is 6.79. The zero-order valence-electron chi connectivity index (χ0n) is 13.1. The maximum Gasteiger partial charge on any atom is 0.251 e. The first kappa shape index (κ1) is 15.6. The van der Waals surface area contributed by atoms with Gasteiger partial charge in [-0.3, -0.25) is 4.79 Å². The smallest absolute Gasteiger partial charge is 0.251 e. The quantitative estimate of drug-likeness (QED) is 0.820. The van der Waals surface area contributed by atoms with Crippen LogP contribution in [0.1, 0.15) is 48.2 Å². The van der Waals surface area contributed by atoms with Gasteiger partial charge in [0.15, 0.2) is 0 Å². The van der Waals surface area contributed by atoms with Crippen molar-refractivity contribution >= 4 is 5.91 Å². The summed E-state index contributed by atoms with van der Waals surface area (Å²) in [6, 6.07) is 5.95. The van der Waals surface area contributed by atoms with E-state index in [0.717, 1.165) is 17.5 Å². The van der Waals surface area contributed by atoms with Crippen LogP contribution < -0.4 is 11.1 Å². The molecule has 1 saturated carbocycles. The highest BCUT2D eigenvalue weighted by Gasteiger charge is 2.30. The van der Waals surface area contributed by atoms with Crippen molar-refractivity contribution < 1.29 is 4.79 Å². The van der Waals surface area contributed by atoms with Crippen LogP contribution in [0.3, 0.4) is 0 Å². The summed E-state index contributed by atoms with van der Waals surface area (Å²) >= 11 is 0. The summed E-state index contributed by atoms with van der Waals surface area (Å²) in [5.41, 5.74) is 8.02. The van der Waals surface area contributed by atoms with Crippen molar-refractivity contribution in [3.8, 4) is 11.8 Å². The van der Waals surface area contributed by atoms with Gasteiger partial charge in [0.25, 0.3) is 5.91 Å². The Hall–Kier alpha value is -1.79. The topological polar surface area (TPSA) is 55.1 Å². The van der Waals surface area contributed by atoms with Crippen LogP contribution in [0.15, 0.2) is 18.2 Å². The van der Waals surface area contributed by atoms with E-state index in [4.69, 9.17) is 5.73 Å². The molecule has 1 aromatic carbocycles. The average molecular weight is 284 g/mol. The van der Waals surface area contributed by atoms with Crippen LogP contribution in [0, 0.1) is 30.6 Å². The second-order valence-electron chi connectivity index (χ2n) is 6.03. The van der Waals surface area contributed by atoms with Crippen LogP contribution in [-0.4, -0.2) is 18.5 Å².